The summed E-state index contributed by atoms with van der Waals surface area (Å²) >= 11 is 0. The number of nitrogens with two attached hydrogens (primary N) is 1. The van der Waals surface area contributed by atoms with E-state index in [1.807, 2.05) is 13.0 Å². The monoisotopic (exact) mass is 287 g/mol. The Morgan fingerprint density at radius 3 is 2.81 bits per heavy atom. The molecule has 21 heavy (non-hydrogen) atoms. The summed E-state index contributed by atoms with van der Waals surface area (Å²) in [6, 6.07) is 7.25. The highest BCUT2D eigenvalue weighted by Crippen LogP contribution is 2.30. The second-order valence-electron chi connectivity index (χ2n) is 6.32. The summed E-state index contributed by atoms with van der Waals surface area (Å²) in [7, 11) is 0. The molecule has 2 heterocycles. The van der Waals surface area contributed by atoms with E-state index in [0.717, 1.165) is 18.7 Å². The van der Waals surface area contributed by atoms with Crippen LogP contribution in [-0.4, -0.2) is 31.1 Å². The van der Waals surface area contributed by atoms with Gasteiger partial charge in [0.15, 0.2) is 0 Å². The molecule has 2 aliphatic rings. The summed E-state index contributed by atoms with van der Waals surface area (Å²) in [4.78, 5) is 13.9. The van der Waals surface area contributed by atoms with Crippen molar-refractivity contribution in [2.24, 2.45) is 5.73 Å². The van der Waals surface area contributed by atoms with Gasteiger partial charge in [-0.05, 0) is 69.3 Å². The number of nitrogens with zero attached hydrogens (tertiary/aromatic N) is 1. The lowest BCUT2D eigenvalue weighted by molar-refractivity contribution is 0.0999. The topological polar surface area (TPSA) is 58.4 Å². The van der Waals surface area contributed by atoms with Gasteiger partial charge < -0.3 is 16.0 Å². The van der Waals surface area contributed by atoms with Crippen LogP contribution in [-0.2, 0) is 0 Å². The average Bonchev–Trinajstić information content (AvgIpc) is 3.01. The molecule has 2 aliphatic heterocycles. The summed E-state index contributed by atoms with van der Waals surface area (Å²) in [5.74, 6) is -0.341. The van der Waals surface area contributed by atoms with Crippen LogP contribution >= 0.6 is 0 Å². The molecule has 4 nitrogen and oxygen atoms in total. The van der Waals surface area contributed by atoms with Crippen LogP contribution in [0.2, 0.25) is 0 Å². The minimum absolute atomic E-state index is 0.341. The molecule has 1 amide bonds. The molecule has 0 spiro atoms. The lowest BCUT2D eigenvalue weighted by Crippen LogP contribution is -2.50. The third-order valence-corrected chi connectivity index (χ3v) is 4.92. The van der Waals surface area contributed by atoms with Gasteiger partial charge >= 0.3 is 0 Å². The van der Waals surface area contributed by atoms with E-state index in [9.17, 15) is 4.79 Å². The van der Waals surface area contributed by atoms with E-state index in [1.54, 1.807) is 0 Å². The van der Waals surface area contributed by atoms with E-state index in [4.69, 9.17) is 5.73 Å². The third kappa shape index (κ3) is 2.91. The van der Waals surface area contributed by atoms with Crippen LogP contribution < -0.4 is 16.0 Å². The van der Waals surface area contributed by atoms with Gasteiger partial charge in [0.05, 0.1) is 0 Å². The zero-order valence-corrected chi connectivity index (χ0v) is 12.8. The number of primary amides is 1. The minimum atomic E-state index is -0.341. The number of carbonyl (C=O) groups is 1. The van der Waals surface area contributed by atoms with Crippen molar-refractivity contribution in [3.63, 3.8) is 0 Å². The van der Waals surface area contributed by atoms with Crippen LogP contribution in [0.4, 0.5) is 5.69 Å². The van der Waals surface area contributed by atoms with Crippen LogP contribution in [0.3, 0.4) is 0 Å². The molecule has 2 fully saturated rings. The molecule has 1 aromatic carbocycles. The van der Waals surface area contributed by atoms with Gasteiger partial charge in [0, 0.05) is 29.9 Å². The van der Waals surface area contributed by atoms with Crippen molar-refractivity contribution in [2.75, 3.05) is 18.0 Å². The van der Waals surface area contributed by atoms with Crippen molar-refractivity contribution in [1.82, 2.24) is 5.32 Å². The highest BCUT2D eigenvalue weighted by atomic mass is 16.1. The molecule has 3 rings (SSSR count). The molecule has 0 saturated carbocycles. The summed E-state index contributed by atoms with van der Waals surface area (Å²) in [5.41, 5.74) is 8.25. The van der Waals surface area contributed by atoms with E-state index in [2.05, 4.69) is 22.3 Å². The highest BCUT2D eigenvalue weighted by Gasteiger charge is 2.31. The molecule has 2 unspecified atom stereocenters. The molecule has 0 aromatic heterocycles. The summed E-state index contributed by atoms with van der Waals surface area (Å²) < 4.78 is 0. The van der Waals surface area contributed by atoms with Crippen molar-refractivity contribution in [1.29, 1.82) is 0 Å². The number of hydrogen-bond donors (Lipinski definition) is 2. The Bertz CT molecular complexity index is 523. The number of carbonyl (C=O) groups excluding carboxylic acids is 1. The number of aryl methyl sites for hydroxylation is 1. The van der Waals surface area contributed by atoms with Crippen molar-refractivity contribution in [2.45, 2.75) is 51.1 Å². The predicted molar refractivity (Wildman–Crippen MR) is 85.7 cm³/mol. The average molecular weight is 287 g/mol. The maximum atomic E-state index is 11.4. The van der Waals surface area contributed by atoms with Crippen molar-refractivity contribution in [3.8, 4) is 0 Å². The number of piperidine rings is 1. The number of nitrogens with one attached hydrogen (secondary N) is 1. The van der Waals surface area contributed by atoms with E-state index in [1.165, 1.54) is 37.8 Å². The van der Waals surface area contributed by atoms with Crippen LogP contribution in [0.1, 0.15) is 48.0 Å². The largest absolute Gasteiger partial charge is 0.367 e. The SMILES string of the molecule is Cc1cc(N2CCCCC2C2CCCN2)ccc1C(N)=O. The zero-order valence-electron chi connectivity index (χ0n) is 12.8. The number of rotatable bonds is 3. The molecule has 114 valence electrons. The molecular formula is C17H25N3O. The standard InChI is InChI=1S/C17H25N3O/c1-12-11-13(7-8-14(12)17(18)21)20-10-3-2-6-16(20)15-5-4-9-19-15/h7-8,11,15-16,19H,2-6,9-10H2,1H3,(H2,18,21). The maximum absolute atomic E-state index is 11.4. The Balaban J connectivity index is 1.85. The quantitative estimate of drug-likeness (QED) is 0.896. The number of hydrogen-bond acceptors (Lipinski definition) is 3. The summed E-state index contributed by atoms with van der Waals surface area (Å²) in [5, 5.41) is 3.65. The van der Waals surface area contributed by atoms with E-state index >= 15 is 0 Å². The Hall–Kier alpha value is -1.55. The van der Waals surface area contributed by atoms with Gasteiger partial charge in [-0.1, -0.05) is 0 Å². The lowest BCUT2D eigenvalue weighted by atomic mass is 9.93. The summed E-state index contributed by atoms with van der Waals surface area (Å²) in [6.07, 6.45) is 6.39. The van der Waals surface area contributed by atoms with Gasteiger partial charge in [0.1, 0.15) is 0 Å². The molecule has 4 heteroatoms. The fourth-order valence-electron chi connectivity index (χ4n) is 3.84. The van der Waals surface area contributed by atoms with Crippen LogP contribution in [0.25, 0.3) is 0 Å². The van der Waals surface area contributed by atoms with Gasteiger partial charge in [0.2, 0.25) is 5.91 Å². The van der Waals surface area contributed by atoms with Crippen molar-refractivity contribution >= 4 is 11.6 Å². The second kappa shape index (κ2) is 6.06. The lowest BCUT2D eigenvalue weighted by Gasteiger charge is -2.41. The van der Waals surface area contributed by atoms with Gasteiger partial charge in [-0.15, -0.1) is 0 Å². The molecule has 0 aliphatic carbocycles. The van der Waals surface area contributed by atoms with Crippen LogP contribution in [0.5, 0.6) is 0 Å². The van der Waals surface area contributed by atoms with Crippen LogP contribution in [0.15, 0.2) is 18.2 Å². The fraction of sp³-hybridized carbons (Fsp3) is 0.588. The Kier molecular flexibility index (Phi) is 4.15. The van der Waals surface area contributed by atoms with Gasteiger partial charge in [0.25, 0.3) is 0 Å². The first kappa shape index (κ1) is 14.4. The van der Waals surface area contributed by atoms with Crippen LogP contribution in [0, 0.1) is 6.92 Å². The molecule has 2 atom stereocenters. The summed E-state index contributed by atoms with van der Waals surface area (Å²) in [6.45, 7) is 4.23. The van der Waals surface area contributed by atoms with Gasteiger partial charge in [-0.3, -0.25) is 4.79 Å². The van der Waals surface area contributed by atoms with Crippen molar-refractivity contribution < 1.29 is 4.79 Å². The number of anilines is 1. The predicted octanol–water partition coefficient (Wildman–Crippen LogP) is 2.20. The molecule has 0 radical (unpaired) electrons. The number of benzene rings is 1. The minimum Gasteiger partial charge on any atom is -0.367 e. The fourth-order valence-corrected chi connectivity index (χ4v) is 3.84. The van der Waals surface area contributed by atoms with E-state index in [-0.39, 0.29) is 5.91 Å². The molecule has 0 bridgehead atoms. The van der Waals surface area contributed by atoms with E-state index in [0.29, 0.717) is 17.6 Å². The van der Waals surface area contributed by atoms with E-state index < -0.39 is 0 Å². The van der Waals surface area contributed by atoms with Gasteiger partial charge in [-0.25, -0.2) is 0 Å². The second-order valence-corrected chi connectivity index (χ2v) is 6.32. The third-order valence-electron chi connectivity index (χ3n) is 4.92. The molecule has 2 saturated heterocycles. The zero-order chi connectivity index (χ0) is 14.8. The first-order valence-electron chi connectivity index (χ1n) is 8.07. The van der Waals surface area contributed by atoms with Crippen molar-refractivity contribution in [3.05, 3.63) is 29.3 Å². The first-order valence-corrected chi connectivity index (χ1v) is 8.07. The van der Waals surface area contributed by atoms with Gasteiger partial charge in [-0.2, -0.15) is 0 Å². The Labute approximate surface area is 126 Å². The Morgan fingerprint density at radius 1 is 1.29 bits per heavy atom. The number of amides is 1. The first-order chi connectivity index (χ1) is 10.2. The Morgan fingerprint density at radius 2 is 2.14 bits per heavy atom. The normalized spacial score (nSPS) is 26.0. The molecular weight excluding hydrogens is 262 g/mol. The molecule has 1 aromatic rings. The maximum Gasteiger partial charge on any atom is 0.248 e. The molecule has 3 N–H and O–H groups in total. The smallest absolute Gasteiger partial charge is 0.248 e. The highest BCUT2D eigenvalue weighted by molar-refractivity contribution is 5.94.